The largest absolute Gasteiger partial charge is 0.395 e. The standard InChI is InChI=1S/C16H20N6O/c1-10-4-5-12(8-11(10)2)19-14-13-9-18-22(3)15(13)21-16(20-14)17-6-7-23/h4-5,8-9,23H,6-7H2,1-3H3,(H2,17,19,20,21). The molecule has 0 amide bonds. The van der Waals surface area contributed by atoms with E-state index in [-0.39, 0.29) is 6.61 Å². The van der Waals surface area contributed by atoms with E-state index in [1.165, 1.54) is 11.1 Å². The van der Waals surface area contributed by atoms with Gasteiger partial charge in [-0.05, 0) is 37.1 Å². The highest BCUT2D eigenvalue weighted by molar-refractivity contribution is 5.89. The molecular weight excluding hydrogens is 292 g/mol. The fraction of sp³-hybridized carbons (Fsp3) is 0.312. The third-order valence-electron chi connectivity index (χ3n) is 3.76. The lowest BCUT2D eigenvalue weighted by molar-refractivity contribution is 0.311. The van der Waals surface area contributed by atoms with Gasteiger partial charge in [-0.2, -0.15) is 15.1 Å². The van der Waals surface area contributed by atoms with Gasteiger partial charge in [0.15, 0.2) is 5.65 Å². The molecule has 7 heteroatoms. The molecule has 3 aromatic rings. The van der Waals surface area contributed by atoms with Crippen LogP contribution in [0.4, 0.5) is 17.5 Å². The lowest BCUT2D eigenvalue weighted by atomic mass is 10.1. The van der Waals surface area contributed by atoms with Gasteiger partial charge in [0.25, 0.3) is 0 Å². The van der Waals surface area contributed by atoms with Crippen LogP contribution in [0.25, 0.3) is 11.0 Å². The van der Waals surface area contributed by atoms with Gasteiger partial charge in [-0.1, -0.05) is 6.07 Å². The number of benzene rings is 1. The number of aliphatic hydroxyl groups is 1. The fourth-order valence-electron chi connectivity index (χ4n) is 2.32. The van der Waals surface area contributed by atoms with Crippen LogP contribution < -0.4 is 10.6 Å². The second-order valence-electron chi connectivity index (χ2n) is 5.48. The third-order valence-corrected chi connectivity index (χ3v) is 3.76. The minimum Gasteiger partial charge on any atom is -0.395 e. The summed E-state index contributed by atoms with van der Waals surface area (Å²) in [6.45, 7) is 4.58. The lowest BCUT2D eigenvalue weighted by Crippen LogP contribution is -2.10. The van der Waals surface area contributed by atoms with E-state index in [4.69, 9.17) is 5.11 Å². The summed E-state index contributed by atoms with van der Waals surface area (Å²) in [5.41, 5.74) is 4.15. The first kappa shape index (κ1) is 15.2. The van der Waals surface area contributed by atoms with Crippen molar-refractivity contribution >= 4 is 28.5 Å². The van der Waals surface area contributed by atoms with Crippen molar-refractivity contribution in [2.24, 2.45) is 7.05 Å². The maximum Gasteiger partial charge on any atom is 0.226 e. The van der Waals surface area contributed by atoms with Crippen molar-refractivity contribution in [2.75, 3.05) is 23.8 Å². The van der Waals surface area contributed by atoms with E-state index in [1.807, 2.05) is 13.1 Å². The molecule has 0 saturated carbocycles. The Balaban J connectivity index is 2.02. The van der Waals surface area contributed by atoms with Gasteiger partial charge in [0.1, 0.15) is 5.82 Å². The predicted molar refractivity (Wildman–Crippen MR) is 91.1 cm³/mol. The van der Waals surface area contributed by atoms with E-state index < -0.39 is 0 Å². The Kier molecular flexibility index (Phi) is 4.12. The maximum atomic E-state index is 8.97. The van der Waals surface area contributed by atoms with Crippen LogP contribution in [-0.4, -0.2) is 38.0 Å². The quantitative estimate of drug-likeness (QED) is 0.669. The molecule has 3 rings (SSSR count). The predicted octanol–water partition coefficient (Wildman–Crippen LogP) is 2.13. The minimum absolute atomic E-state index is 0.0205. The number of aryl methyl sites for hydroxylation is 3. The number of rotatable bonds is 5. The molecule has 2 aromatic heterocycles. The molecule has 0 aliphatic rings. The summed E-state index contributed by atoms with van der Waals surface area (Å²) in [6, 6.07) is 6.18. The second-order valence-corrected chi connectivity index (χ2v) is 5.48. The van der Waals surface area contributed by atoms with Gasteiger partial charge in [0.2, 0.25) is 5.95 Å². The molecule has 120 valence electrons. The number of aliphatic hydroxyl groups excluding tert-OH is 1. The highest BCUT2D eigenvalue weighted by Crippen LogP contribution is 2.25. The number of anilines is 3. The first-order valence-corrected chi connectivity index (χ1v) is 7.47. The summed E-state index contributed by atoms with van der Waals surface area (Å²) in [5, 5.41) is 20.4. The number of fused-ring (bicyclic) bond motifs is 1. The summed E-state index contributed by atoms with van der Waals surface area (Å²) in [7, 11) is 1.84. The first-order chi connectivity index (χ1) is 11.1. The van der Waals surface area contributed by atoms with Gasteiger partial charge in [0, 0.05) is 19.3 Å². The smallest absolute Gasteiger partial charge is 0.226 e. The van der Waals surface area contributed by atoms with Gasteiger partial charge in [-0.15, -0.1) is 0 Å². The maximum absolute atomic E-state index is 8.97. The highest BCUT2D eigenvalue weighted by atomic mass is 16.3. The Morgan fingerprint density at radius 1 is 1.17 bits per heavy atom. The molecule has 0 atom stereocenters. The zero-order valence-corrected chi connectivity index (χ0v) is 13.5. The molecule has 0 fully saturated rings. The molecule has 0 aliphatic heterocycles. The molecular formula is C16H20N6O. The average Bonchev–Trinajstić information content (AvgIpc) is 2.91. The zero-order valence-electron chi connectivity index (χ0n) is 13.5. The number of hydrogen-bond donors (Lipinski definition) is 3. The van der Waals surface area contributed by atoms with Gasteiger partial charge >= 0.3 is 0 Å². The topological polar surface area (TPSA) is 87.9 Å². The Morgan fingerprint density at radius 2 is 2.00 bits per heavy atom. The van der Waals surface area contributed by atoms with Crippen LogP contribution in [0, 0.1) is 13.8 Å². The van der Waals surface area contributed by atoms with Crippen molar-refractivity contribution in [3.05, 3.63) is 35.5 Å². The zero-order chi connectivity index (χ0) is 16.4. The molecule has 23 heavy (non-hydrogen) atoms. The normalized spacial score (nSPS) is 11.0. The van der Waals surface area contributed by atoms with Crippen molar-refractivity contribution in [3.8, 4) is 0 Å². The molecule has 0 aliphatic carbocycles. The van der Waals surface area contributed by atoms with Crippen LogP contribution in [0.3, 0.4) is 0 Å². The molecule has 0 spiro atoms. The fourth-order valence-corrected chi connectivity index (χ4v) is 2.32. The van der Waals surface area contributed by atoms with Gasteiger partial charge in [-0.25, -0.2) is 0 Å². The van der Waals surface area contributed by atoms with Crippen LogP contribution in [0.2, 0.25) is 0 Å². The van der Waals surface area contributed by atoms with Crippen LogP contribution in [0.15, 0.2) is 24.4 Å². The number of hydrogen-bond acceptors (Lipinski definition) is 6. The van der Waals surface area contributed by atoms with E-state index in [0.717, 1.165) is 16.7 Å². The molecule has 1 aromatic carbocycles. The van der Waals surface area contributed by atoms with Crippen LogP contribution in [-0.2, 0) is 7.05 Å². The van der Waals surface area contributed by atoms with E-state index in [1.54, 1.807) is 10.9 Å². The van der Waals surface area contributed by atoms with E-state index in [9.17, 15) is 0 Å². The summed E-state index contributed by atoms with van der Waals surface area (Å²) in [4.78, 5) is 8.93. The molecule has 3 N–H and O–H groups in total. The Bertz CT molecular complexity index is 842. The molecule has 0 saturated heterocycles. The van der Waals surface area contributed by atoms with Crippen LogP contribution in [0.1, 0.15) is 11.1 Å². The molecule has 7 nitrogen and oxygen atoms in total. The van der Waals surface area contributed by atoms with Crippen molar-refractivity contribution in [2.45, 2.75) is 13.8 Å². The molecule has 0 bridgehead atoms. The number of nitrogens with zero attached hydrogens (tertiary/aromatic N) is 4. The van der Waals surface area contributed by atoms with E-state index in [2.05, 4.69) is 51.7 Å². The van der Waals surface area contributed by atoms with Crippen molar-refractivity contribution in [3.63, 3.8) is 0 Å². The summed E-state index contributed by atoms with van der Waals surface area (Å²) in [6.07, 6.45) is 1.74. The summed E-state index contributed by atoms with van der Waals surface area (Å²) < 4.78 is 1.70. The van der Waals surface area contributed by atoms with E-state index in [0.29, 0.717) is 18.3 Å². The summed E-state index contributed by atoms with van der Waals surface area (Å²) >= 11 is 0. The molecule has 0 radical (unpaired) electrons. The second kappa shape index (κ2) is 6.21. The average molecular weight is 312 g/mol. The highest BCUT2D eigenvalue weighted by Gasteiger charge is 2.12. The van der Waals surface area contributed by atoms with Gasteiger partial charge in [0.05, 0.1) is 18.2 Å². The van der Waals surface area contributed by atoms with Gasteiger partial charge in [-0.3, -0.25) is 4.68 Å². The third kappa shape index (κ3) is 3.09. The number of aromatic nitrogens is 4. The molecule has 0 unspecified atom stereocenters. The Morgan fingerprint density at radius 3 is 2.74 bits per heavy atom. The first-order valence-electron chi connectivity index (χ1n) is 7.47. The van der Waals surface area contributed by atoms with E-state index >= 15 is 0 Å². The van der Waals surface area contributed by atoms with Crippen molar-refractivity contribution in [1.82, 2.24) is 19.7 Å². The SMILES string of the molecule is Cc1ccc(Nc2nc(NCCO)nc3c2cnn3C)cc1C. The van der Waals surface area contributed by atoms with Crippen molar-refractivity contribution in [1.29, 1.82) is 0 Å². The molecule has 2 heterocycles. The van der Waals surface area contributed by atoms with Crippen LogP contribution in [0.5, 0.6) is 0 Å². The summed E-state index contributed by atoms with van der Waals surface area (Å²) in [5.74, 6) is 1.15. The number of nitrogens with one attached hydrogen (secondary N) is 2. The lowest BCUT2D eigenvalue weighted by Gasteiger charge is -2.11. The van der Waals surface area contributed by atoms with Crippen molar-refractivity contribution < 1.29 is 5.11 Å². The van der Waals surface area contributed by atoms with Crippen LogP contribution >= 0.6 is 0 Å². The Hall–Kier alpha value is -2.67. The minimum atomic E-state index is 0.0205. The monoisotopic (exact) mass is 312 g/mol. The van der Waals surface area contributed by atoms with Gasteiger partial charge < -0.3 is 15.7 Å². The Labute approximate surface area is 134 Å².